The summed E-state index contributed by atoms with van der Waals surface area (Å²) in [5.74, 6) is -1.11. The molecule has 0 amide bonds. The first-order valence-corrected chi connectivity index (χ1v) is 9.21. The molecule has 21 heavy (non-hydrogen) atoms. The average molecular weight is 332 g/mol. The molecule has 116 valence electrons. The fourth-order valence-electron chi connectivity index (χ4n) is 2.26. The second-order valence-corrected chi connectivity index (χ2v) is 8.19. The van der Waals surface area contributed by atoms with E-state index in [4.69, 9.17) is 0 Å². The van der Waals surface area contributed by atoms with Crippen LogP contribution in [0.3, 0.4) is 0 Å². The van der Waals surface area contributed by atoms with Crippen molar-refractivity contribution in [2.75, 3.05) is 12.8 Å². The van der Waals surface area contributed by atoms with Gasteiger partial charge in [0.25, 0.3) is 0 Å². The Hall–Kier alpha value is -1.12. The number of carbonyl (C=O) groups is 1. The van der Waals surface area contributed by atoms with Crippen molar-refractivity contribution in [3.63, 3.8) is 0 Å². The monoisotopic (exact) mass is 332 g/mol. The zero-order valence-corrected chi connectivity index (χ0v) is 13.0. The lowest BCUT2D eigenvalue weighted by Gasteiger charge is -2.22. The number of rotatable bonds is 5. The summed E-state index contributed by atoms with van der Waals surface area (Å²) in [6.07, 6.45) is 1.22. The van der Waals surface area contributed by atoms with Crippen LogP contribution >= 0.6 is 11.8 Å². The zero-order chi connectivity index (χ0) is 15.6. The van der Waals surface area contributed by atoms with Crippen molar-refractivity contribution in [3.05, 3.63) is 35.6 Å². The molecule has 1 heterocycles. The van der Waals surface area contributed by atoms with Gasteiger partial charge in [0.05, 0.1) is 18.3 Å². The molecular weight excluding hydrogens is 317 g/mol. The van der Waals surface area contributed by atoms with Crippen LogP contribution in [-0.4, -0.2) is 42.8 Å². The molecule has 2 rings (SSSR count). The predicted octanol–water partition coefficient (Wildman–Crippen LogP) is 0.211. The molecular formula is C13H15FNO4S2-. The number of aliphatic carboxylic acids is 1. The first-order chi connectivity index (χ1) is 9.77. The van der Waals surface area contributed by atoms with E-state index in [0.717, 1.165) is 16.1 Å². The summed E-state index contributed by atoms with van der Waals surface area (Å²) in [7, 11) is -3.57. The molecule has 1 aliphatic rings. The van der Waals surface area contributed by atoms with Crippen LogP contribution in [0.4, 0.5) is 4.39 Å². The van der Waals surface area contributed by atoms with Crippen LogP contribution < -0.4 is 5.11 Å². The molecule has 0 aromatic heterocycles. The van der Waals surface area contributed by atoms with E-state index in [9.17, 15) is 22.7 Å². The molecule has 2 atom stereocenters. The van der Waals surface area contributed by atoms with Crippen LogP contribution in [0.25, 0.3) is 0 Å². The van der Waals surface area contributed by atoms with Crippen molar-refractivity contribution in [3.8, 4) is 0 Å². The lowest BCUT2D eigenvalue weighted by molar-refractivity contribution is -0.309. The van der Waals surface area contributed by atoms with Gasteiger partial charge in [0, 0.05) is 17.5 Å². The quantitative estimate of drug-likeness (QED) is 0.770. The summed E-state index contributed by atoms with van der Waals surface area (Å²) in [5.41, 5.74) is 0.907. The number of carboxylic acid groups (broad SMARTS) is 1. The highest BCUT2D eigenvalue weighted by atomic mass is 32.2. The summed E-state index contributed by atoms with van der Waals surface area (Å²) in [5, 5.41) is 10.9. The number of carboxylic acids is 1. The van der Waals surface area contributed by atoms with Gasteiger partial charge in [-0.25, -0.2) is 12.8 Å². The Labute approximate surface area is 127 Å². The molecule has 0 saturated carbocycles. The highest BCUT2D eigenvalue weighted by Gasteiger charge is 2.38. The largest absolute Gasteiger partial charge is 0.548 e. The number of thioether (sulfide) groups is 1. The molecule has 0 bridgehead atoms. The van der Waals surface area contributed by atoms with Gasteiger partial charge in [-0.2, -0.15) is 16.1 Å². The standard InChI is InChI=1S/C13H16FNO4S2/c1-21(18,19)15-7-11(6-12(15)13(16)17)20-8-9-2-4-10(14)5-3-9/h2-5,11-12H,6-8H2,1H3,(H,16,17)/p-1/t11-,12-/m0/s1. The van der Waals surface area contributed by atoms with Crippen LogP contribution in [0.2, 0.25) is 0 Å². The van der Waals surface area contributed by atoms with E-state index < -0.39 is 22.0 Å². The summed E-state index contributed by atoms with van der Waals surface area (Å²) < 4.78 is 37.0. The highest BCUT2D eigenvalue weighted by molar-refractivity contribution is 7.99. The Morgan fingerprint density at radius 2 is 2.05 bits per heavy atom. The lowest BCUT2D eigenvalue weighted by atomic mass is 10.2. The smallest absolute Gasteiger partial charge is 0.211 e. The van der Waals surface area contributed by atoms with E-state index in [1.807, 2.05) is 0 Å². The highest BCUT2D eigenvalue weighted by Crippen LogP contribution is 2.31. The molecule has 1 fully saturated rings. The van der Waals surface area contributed by atoms with Gasteiger partial charge >= 0.3 is 0 Å². The van der Waals surface area contributed by atoms with Crippen LogP contribution in [0.1, 0.15) is 12.0 Å². The minimum absolute atomic E-state index is 0.118. The number of sulfonamides is 1. The summed E-state index contributed by atoms with van der Waals surface area (Å²) >= 11 is 1.46. The van der Waals surface area contributed by atoms with Crippen LogP contribution in [0.15, 0.2) is 24.3 Å². The lowest BCUT2D eigenvalue weighted by Crippen LogP contribution is -2.46. The molecule has 1 saturated heterocycles. The van der Waals surface area contributed by atoms with Crippen molar-refractivity contribution in [2.24, 2.45) is 0 Å². The molecule has 0 N–H and O–H groups in total. The fraction of sp³-hybridized carbons (Fsp3) is 0.462. The summed E-state index contributed by atoms with van der Waals surface area (Å²) in [4.78, 5) is 11.0. The Kier molecular flexibility index (Phi) is 4.90. The van der Waals surface area contributed by atoms with E-state index >= 15 is 0 Å². The van der Waals surface area contributed by atoms with E-state index in [-0.39, 0.29) is 24.0 Å². The summed E-state index contributed by atoms with van der Waals surface area (Å²) in [6.45, 7) is 0.156. The molecule has 0 radical (unpaired) electrons. The minimum atomic E-state index is -3.57. The zero-order valence-electron chi connectivity index (χ0n) is 11.4. The van der Waals surface area contributed by atoms with Crippen LogP contribution in [-0.2, 0) is 20.6 Å². The third-order valence-electron chi connectivity index (χ3n) is 3.31. The van der Waals surface area contributed by atoms with Crippen molar-refractivity contribution in [1.82, 2.24) is 4.31 Å². The van der Waals surface area contributed by atoms with Gasteiger partial charge in [-0.15, -0.1) is 0 Å². The van der Waals surface area contributed by atoms with Crippen molar-refractivity contribution in [1.29, 1.82) is 0 Å². The minimum Gasteiger partial charge on any atom is -0.548 e. The van der Waals surface area contributed by atoms with E-state index in [1.54, 1.807) is 12.1 Å². The average Bonchev–Trinajstić information content (AvgIpc) is 2.82. The third-order valence-corrected chi connectivity index (χ3v) is 5.88. The Morgan fingerprint density at radius 3 is 2.52 bits per heavy atom. The topological polar surface area (TPSA) is 77.5 Å². The van der Waals surface area contributed by atoms with Gasteiger partial charge in [0.2, 0.25) is 10.0 Å². The Bertz CT molecular complexity index is 618. The van der Waals surface area contributed by atoms with Gasteiger partial charge in [0.15, 0.2) is 0 Å². The summed E-state index contributed by atoms with van der Waals surface area (Å²) in [6, 6.07) is 4.92. The van der Waals surface area contributed by atoms with Crippen molar-refractivity contribution in [2.45, 2.75) is 23.5 Å². The molecule has 0 spiro atoms. The molecule has 1 aromatic carbocycles. The second kappa shape index (κ2) is 6.33. The van der Waals surface area contributed by atoms with Crippen LogP contribution in [0, 0.1) is 5.82 Å². The van der Waals surface area contributed by atoms with Gasteiger partial charge < -0.3 is 9.90 Å². The Balaban J connectivity index is 1.99. The number of hydrogen-bond donors (Lipinski definition) is 0. The SMILES string of the molecule is CS(=O)(=O)N1C[C@@H](SCc2ccc(F)cc2)C[C@H]1C(=O)[O-]. The van der Waals surface area contributed by atoms with Gasteiger partial charge in [0.1, 0.15) is 5.82 Å². The van der Waals surface area contributed by atoms with E-state index in [2.05, 4.69) is 0 Å². The van der Waals surface area contributed by atoms with E-state index in [0.29, 0.717) is 5.75 Å². The fourth-order valence-corrected chi connectivity index (χ4v) is 4.65. The predicted molar refractivity (Wildman–Crippen MR) is 76.4 cm³/mol. The molecule has 0 unspecified atom stereocenters. The van der Waals surface area contributed by atoms with Crippen molar-refractivity contribution >= 4 is 27.8 Å². The number of nitrogens with zero attached hydrogens (tertiary/aromatic N) is 1. The maximum Gasteiger partial charge on any atom is 0.211 e. The van der Waals surface area contributed by atoms with Crippen molar-refractivity contribution < 1.29 is 22.7 Å². The second-order valence-electron chi connectivity index (χ2n) is 4.96. The van der Waals surface area contributed by atoms with Crippen LogP contribution in [0.5, 0.6) is 0 Å². The molecule has 1 aromatic rings. The molecule has 1 aliphatic heterocycles. The Morgan fingerprint density at radius 1 is 1.43 bits per heavy atom. The molecule has 5 nitrogen and oxygen atoms in total. The molecule has 0 aliphatic carbocycles. The van der Waals surface area contributed by atoms with Gasteiger partial charge in [-0.05, 0) is 24.1 Å². The third kappa shape index (κ3) is 4.18. The number of hydrogen-bond acceptors (Lipinski definition) is 5. The van der Waals surface area contributed by atoms with Gasteiger partial charge in [-0.1, -0.05) is 12.1 Å². The maximum absolute atomic E-state index is 12.8. The normalized spacial score (nSPS) is 23.3. The van der Waals surface area contributed by atoms with Gasteiger partial charge in [-0.3, -0.25) is 0 Å². The maximum atomic E-state index is 12.8. The first-order valence-electron chi connectivity index (χ1n) is 6.31. The number of carbonyl (C=O) groups excluding carboxylic acids is 1. The molecule has 8 heteroatoms. The van der Waals surface area contributed by atoms with E-state index in [1.165, 1.54) is 23.9 Å². The number of benzene rings is 1. The first kappa shape index (κ1) is 16.3. The number of halogens is 1.